The molecule has 0 spiro atoms. The molecule has 0 bridgehead atoms. The van der Waals surface area contributed by atoms with Crippen LogP contribution in [0.5, 0.6) is 0 Å². The number of aliphatic imine (C=N–C) groups is 1. The van der Waals surface area contributed by atoms with Crippen LogP contribution in [0.25, 0.3) is 0 Å². The maximum atomic E-state index is 11.5. The van der Waals surface area contributed by atoms with Gasteiger partial charge in [0, 0.05) is 19.6 Å². The van der Waals surface area contributed by atoms with Crippen LogP contribution in [-0.2, 0) is 11.3 Å². The number of rotatable bonds is 4. The normalized spacial score (nSPS) is 14.3. The number of guanidine groups is 1. The third kappa shape index (κ3) is 3.98. The minimum Gasteiger partial charge on any atom is -0.462 e. The van der Waals surface area contributed by atoms with Crippen molar-refractivity contribution < 1.29 is 9.53 Å². The molecule has 1 aliphatic heterocycles. The monoisotopic (exact) mass is 261 g/mol. The second-order valence-corrected chi connectivity index (χ2v) is 4.28. The van der Waals surface area contributed by atoms with Crippen molar-refractivity contribution in [3.05, 3.63) is 35.4 Å². The first-order chi connectivity index (χ1) is 9.29. The van der Waals surface area contributed by atoms with Crippen LogP contribution < -0.4 is 10.6 Å². The highest BCUT2D eigenvalue weighted by Gasteiger charge is 2.06. The Morgan fingerprint density at radius 1 is 1.42 bits per heavy atom. The summed E-state index contributed by atoms with van der Waals surface area (Å²) in [5, 5.41) is 6.43. The molecule has 5 heteroatoms. The second-order valence-electron chi connectivity index (χ2n) is 4.28. The summed E-state index contributed by atoms with van der Waals surface area (Å²) < 4.78 is 4.94. The third-order valence-electron chi connectivity index (χ3n) is 2.82. The van der Waals surface area contributed by atoms with Gasteiger partial charge in [0.2, 0.25) is 0 Å². The van der Waals surface area contributed by atoms with Gasteiger partial charge in [-0.15, -0.1) is 0 Å². The molecule has 0 saturated heterocycles. The fraction of sp³-hybridized carbons (Fsp3) is 0.429. The molecule has 0 atom stereocenters. The molecule has 0 saturated carbocycles. The molecular formula is C14H19N3O2. The van der Waals surface area contributed by atoms with Gasteiger partial charge in [0.1, 0.15) is 0 Å². The van der Waals surface area contributed by atoms with E-state index in [1.165, 1.54) is 0 Å². The predicted octanol–water partition coefficient (Wildman–Crippen LogP) is 1.30. The van der Waals surface area contributed by atoms with Crippen LogP contribution in [0.4, 0.5) is 0 Å². The summed E-state index contributed by atoms with van der Waals surface area (Å²) in [7, 11) is 0. The van der Waals surface area contributed by atoms with Crippen molar-refractivity contribution in [2.45, 2.75) is 19.9 Å². The molecule has 0 aromatic heterocycles. The minimum absolute atomic E-state index is 0.277. The molecule has 0 unspecified atom stereocenters. The maximum Gasteiger partial charge on any atom is 0.338 e. The van der Waals surface area contributed by atoms with Gasteiger partial charge in [0.05, 0.1) is 12.2 Å². The summed E-state index contributed by atoms with van der Waals surface area (Å²) in [6, 6.07) is 7.40. The Morgan fingerprint density at radius 2 is 2.21 bits per heavy atom. The summed E-state index contributed by atoms with van der Waals surface area (Å²) >= 11 is 0. The smallest absolute Gasteiger partial charge is 0.338 e. The number of benzene rings is 1. The molecular weight excluding hydrogens is 242 g/mol. The fourth-order valence-corrected chi connectivity index (χ4v) is 1.81. The molecule has 2 rings (SSSR count). The van der Waals surface area contributed by atoms with Crippen molar-refractivity contribution in [3.63, 3.8) is 0 Å². The standard InChI is InChI=1S/C14H19N3O2/c1-2-19-13(18)12-6-4-11(5-7-12)10-17-14-15-8-3-9-16-14/h4-7H,2-3,8-10H2,1H3,(H2,15,16,17). The lowest BCUT2D eigenvalue weighted by atomic mass is 10.1. The lowest BCUT2D eigenvalue weighted by Crippen LogP contribution is -2.40. The average molecular weight is 261 g/mol. The summed E-state index contributed by atoms with van der Waals surface area (Å²) in [4.78, 5) is 15.8. The Kier molecular flexibility index (Phi) is 4.78. The number of ether oxygens (including phenoxy) is 1. The van der Waals surface area contributed by atoms with E-state index in [-0.39, 0.29) is 5.97 Å². The number of nitrogens with zero attached hydrogens (tertiary/aromatic N) is 1. The zero-order chi connectivity index (χ0) is 13.5. The summed E-state index contributed by atoms with van der Waals surface area (Å²) in [5.41, 5.74) is 1.68. The van der Waals surface area contributed by atoms with E-state index < -0.39 is 0 Å². The van der Waals surface area contributed by atoms with Crippen LogP contribution in [0.3, 0.4) is 0 Å². The quantitative estimate of drug-likeness (QED) is 0.802. The molecule has 0 aliphatic carbocycles. The molecule has 0 fully saturated rings. The van der Waals surface area contributed by atoms with E-state index in [9.17, 15) is 4.79 Å². The fourth-order valence-electron chi connectivity index (χ4n) is 1.81. The number of nitrogens with one attached hydrogen (secondary N) is 2. The molecule has 1 heterocycles. The summed E-state index contributed by atoms with van der Waals surface area (Å²) in [6.07, 6.45) is 1.08. The molecule has 0 amide bonds. The van der Waals surface area contributed by atoms with E-state index in [0.29, 0.717) is 18.7 Å². The van der Waals surface area contributed by atoms with Gasteiger partial charge >= 0.3 is 5.97 Å². The Bertz CT molecular complexity index is 454. The van der Waals surface area contributed by atoms with Crippen LogP contribution >= 0.6 is 0 Å². The van der Waals surface area contributed by atoms with E-state index in [4.69, 9.17) is 4.74 Å². The first kappa shape index (κ1) is 13.4. The van der Waals surface area contributed by atoms with E-state index in [0.717, 1.165) is 31.0 Å². The van der Waals surface area contributed by atoms with Gasteiger partial charge in [-0.2, -0.15) is 0 Å². The second kappa shape index (κ2) is 6.78. The number of hydrogen-bond acceptors (Lipinski definition) is 5. The molecule has 2 N–H and O–H groups in total. The topological polar surface area (TPSA) is 62.7 Å². The lowest BCUT2D eigenvalue weighted by Gasteiger charge is -2.16. The van der Waals surface area contributed by atoms with Crippen LogP contribution in [-0.4, -0.2) is 31.6 Å². The first-order valence-electron chi connectivity index (χ1n) is 6.58. The lowest BCUT2D eigenvalue weighted by molar-refractivity contribution is 0.0526. The van der Waals surface area contributed by atoms with Crippen molar-refractivity contribution in [2.75, 3.05) is 19.7 Å². The zero-order valence-corrected chi connectivity index (χ0v) is 11.1. The molecule has 1 aromatic carbocycles. The minimum atomic E-state index is -0.277. The first-order valence-corrected chi connectivity index (χ1v) is 6.58. The summed E-state index contributed by atoms with van der Waals surface area (Å²) in [5.74, 6) is 0.570. The van der Waals surface area contributed by atoms with Crippen LogP contribution in [0.15, 0.2) is 29.3 Å². The van der Waals surface area contributed by atoms with Crippen LogP contribution in [0, 0.1) is 0 Å². The van der Waals surface area contributed by atoms with Gasteiger partial charge in [-0.25, -0.2) is 4.79 Å². The molecule has 1 aliphatic rings. The molecule has 0 radical (unpaired) electrons. The number of hydrogen-bond donors (Lipinski definition) is 2. The van der Waals surface area contributed by atoms with Crippen LogP contribution in [0.1, 0.15) is 29.3 Å². The average Bonchev–Trinajstić information content (AvgIpc) is 2.47. The van der Waals surface area contributed by atoms with Gasteiger partial charge in [0.25, 0.3) is 0 Å². The van der Waals surface area contributed by atoms with E-state index in [1.54, 1.807) is 19.1 Å². The third-order valence-corrected chi connectivity index (χ3v) is 2.82. The molecule has 102 valence electrons. The van der Waals surface area contributed by atoms with Crippen molar-refractivity contribution in [2.24, 2.45) is 4.99 Å². The van der Waals surface area contributed by atoms with Gasteiger partial charge < -0.3 is 15.4 Å². The highest BCUT2D eigenvalue weighted by atomic mass is 16.5. The largest absolute Gasteiger partial charge is 0.462 e. The van der Waals surface area contributed by atoms with E-state index in [2.05, 4.69) is 15.6 Å². The molecule has 1 aromatic rings. The molecule has 19 heavy (non-hydrogen) atoms. The SMILES string of the molecule is CCOC(=O)c1ccc(CNC2=NCCCN2)cc1. The molecule has 5 nitrogen and oxygen atoms in total. The number of carbonyl (C=O) groups is 1. The zero-order valence-electron chi connectivity index (χ0n) is 11.1. The van der Waals surface area contributed by atoms with Gasteiger partial charge in [-0.05, 0) is 31.0 Å². The van der Waals surface area contributed by atoms with Crippen molar-refractivity contribution >= 4 is 11.9 Å². The Morgan fingerprint density at radius 3 is 2.84 bits per heavy atom. The Hall–Kier alpha value is -2.04. The highest BCUT2D eigenvalue weighted by Crippen LogP contribution is 2.06. The van der Waals surface area contributed by atoms with Gasteiger partial charge in [0.15, 0.2) is 5.96 Å². The van der Waals surface area contributed by atoms with Gasteiger partial charge in [-0.3, -0.25) is 4.99 Å². The predicted molar refractivity (Wildman–Crippen MR) is 74.2 cm³/mol. The van der Waals surface area contributed by atoms with Crippen molar-refractivity contribution in [3.8, 4) is 0 Å². The Labute approximate surface area is 113 Å². The summed E-state index contributed by atoms with van der Waals surface area (Å²) in [6.45, 7) is 4.72. The Balaban J connectivity index is 1.88. The number of carbonyl (C=O) groups excluding carboxylic acids is 1. The van der Waals surface area contributed by atoms with Crippen molar-refractivity contribution in [1.29, 1.82) is 0 Å². The highest BCUT2D eigenvalue weighted by molar-refractivity contribution is 5.89. The number of esters is 1. The van der Waals surface area contributed by atoms with E-state index in [1.807, 2.05) is 12.1 Å². The van der Waals surface area contributed by atoms with Crippen LogP contribution in [0.2, 0.25) is 0 Å². The maximum absolute atomic E-state index is 11.5. The van der Waals surface area contributed by atoms with Crippen molar-refractivity contribution in [1.82, 2.24) is 10.6 Å². The van der Waals surface area contributed by atoms with Gasteiger partial charge in [-0.1, -0.05) is 12.1 Å². The van der Waals surface area contributed by atoms with E-state index >= 15 is 0 Å².